The minimum Gasteiger partial charge on any atom is -0.496 e. The van der Waals surface area contributed by atoms with E-state index in [-0.39, 0.29) is 17.9 Å². The first-order valence-electron chi connectivity index (χ1n) is 7.22. The maximum absolute atomic E-state index is 13.6. The summed E-state index contributed by atoms with van der Waals surface area (Å²) in [4.78, 5) is 12.6. The van der Waals surface area contributed by atoms with Crippen LogP contribution in [0.3, 0.4) is 0 Å². The molecule has 1 N–H and O–H groups in total. The number of hydrogen-bond donors (Lipinski definition) is 1. The summed E-state index contributed by atoms with van der Waals surface area (Å²) in [6.07, 6.45) is 0. The molecule has 25 heavy (non-hydrogen) atoms. The minimum atomic E-state index is -0.498. The highest BCUT2D eigenvalue weighted by Gasteiger charge is 2.17. The number of anilines is 1. The molecule has 0 fully saturated rings. The Balaban J connectivity index is 2.28. The fourth-order valence-corrected chi connectivity index (χ4v) is 2.63. The molecule has 8 heteroatoms. The Morgan fingerprint density at radius 2 is 1.96 bits per heavy atom. The normalized spacial score (nSPS) is 10.4. The Morgan fingerprint density at radius 1 is 1.20 bits per heavy atom. The number of hydrogen-bond acceptors (Lipinski definition) is 4. The van der Waals surface area contributed by atoms with Crippen LogP contribution in [0.5, 0.6) is 11.5 Å². The van der Waals surface area contributed by atoms with E-state index < -0.39 is 11.7 Å². The van der Waals surface area contributed by atoms with Crippen LogP contribution in [-0.2, 0) is 4.74 Å². The fraction of sp³-hybridized carbons (Fsp3) is 0.235. The summed E-state index contributed by atoms with van der Waals surface area (Å²) in [5.41, 5.74) is 0.442. The molecule has 0 saturated heterocycles. The van der Waals surface area contributed by atoms with E-state index in [1.54, 1.807) is 13.2 Å². The molecule has 0 spiro atoms. The molecule has 0 radical (unpaired) electrons. The second kappa shape index (κ2) is 9.21. The van der Waals surface area contributed by atoms with Gasteiger partial charge in [-0.2, -0.15) is 0 Å². The van der Waals surface area contributed by atoms with Gasteiger partial charge in [0.15, 0.2) is 0 Å². The third-order valence-corrected chi connectivity index (χ3v) is 4.75. The topological polar surface area (TPSA) is 56.8 Å². The summed E-state index contributed by atoms with van der Waals surface area (Å²) in [6.45, 7) is 0.634. The highest BCUT2D eigenvalue weighted by molar-refractivity contribution is 14.1. The first-order chi connectivity index (χ1) is 12.0. The lowest BCUT2D eigenvalue weighted by molar-refractivity contribution is 0.102. The number of methoxy groups -OCH3 is 2. The maximum Gasteiger partial charge on any atom is 0.259 e. The molecule has 0 heterocycles. The van der Waals surface area contributed by atoms with E-state index >= 15 is 0 Å². The second-order valence-electron chi connectivity index (χ2n) is 4.90. The number of benzene rings is 2. The maximum atomic E-state index is 13.6. The SMILES string of the molecule is COCCOc1ccc(F)cc1NC(=O)c1cc(Cl)c(I)cc1OC. The molecule has 0 aliphatic carbocycles. The van der Waals surface area contributed by atoms with Crippen LogP contribution in [0.2, 0.25) is 5.02 Å². The predicted octanol–water partition coefficient (Wildman–Crippen LogP) is 4.37. The number of nitrogens with one attached hydrogen (secondary N) is 1. The van der Waals surface area contributed by atoms with Crippen LogP contribution in [0, 0.1) is 9.39 Å². The van der Waals surface area contributed by atoms with Gasteiger partial charge in [0.25, 0.3) is 5.91 Å². The molecule has 2 aromatic rings. The van der Waals surface area contributed by atoms with Crippen molar-refractivity contribution in [2.45, 2.75) is 0 Å². The van der Waals surface area contributed by atoms with Crippen molar-refractivity contribution < 1.29 is 23.4 Å². The van der Waals surface area contributed by atoms with E-state index in [0.29, 0.717) is 23.1 Å². The van der Waals surface area contributed by atoms with E-state index in [1.165, 1.54) is 31.4 Å². The van der Waals surface area contributed by atoms with Gasteiger partial charge in [-0.25, -0.2) is 4.39 Å². The molecule has 5 nitrogen and oxygen atoms in total. The van der Waals surface area contributed by atoms with Crippen molar-refractivity contribution in [3.8, 4) is 11.5 Å². The van der Waals surface area contributed by atoms with Gasteiger partial charge < -0.3 is 19.5 Å². The first-order valence-corrected chi connectivity index (χ1v) is 8.67. The lowest BCUT2D eigenvalue weighted by Crippen LogP contribution is -2.15. The molecular weight excluding hydrogens is 464 g/mol. The van der Waals surface area contributed by atoms with Gasteiger partial charge in [0.1, 0.15) is 23.9 Å². The molecule has 1 amide bonds. The van der Waals surface area contributed by atoms with Crippen LogP contribution in [-0.4, -0.2) is 33.3 Å². The molecule has 2 aromatic carbocycles. The van der Waals surface area contributed by atoms with E-state index in [2.05, 4.69) is 5.32 Å². The van der Waals surface area contributed by atoms with Crippen molar-refractivity contribution in [3.05, 3.63) is 50.3 Å². The molecule has 0 saturated carbocycles. The number of halogens is 3. The Hall–Kier alpha value is -1.58. The number of carbonyl (C=O) groups excluding carboxylic acids is 1. The van der Waals surface area contributed by atoms with Crippen LogP contribution in [0.4, 0.5) is 10.1 Å². The highest BCUT2D eigenvalue weighted by Crippen LogP contribution is 2.31. The Bertz CT molecular complexity index is 773. The van der Waals surface area contributed by atoms with Crippen molar-refractivity contribution in [2.24, 2.45) is 0 Å². The Labute approximate surface area is 163 Å². The summed E-state index contributed by atoms with van der Waals surface area (Å²) in [5, 5.41) is 3.05. The third-order valence-electron chi connectivity index (χ3n) is 3.22. The molecule has 0 bridgehead atoms. The van der Waals surface area contributed by atoms with E-state index in [1.807, 2.05) is 22.6 Å². The van der Waals surface area contributed by atoms with Crippen molar-refractivity contribution in [1.29, 1.82) is 0 Å². The summed E-state index contributed by atoms with van der Waals surface area (Å²) in [5.74, 6) is -0.286. The molecule has 0 aliphatic heterocycles. The van der Waals surface area contributed by atoms with Gasteiger partial charge in [-0.3, -0.25) is 4.79 Å². The van der Waals surface area contributed by atoms with E-state index in [4.69, 9.17) is 25.8 Å². The van der Waals surface area contributed by atoms with Gasteiger partial charge in [-0.1, -0.05) is 11.6 Å². The van der Waals surface area contributed by atoms with Gasteiger partial charge in [0, 0.05) is 16.7 Å². The van der Waals surface area contributed by atoms with Gasteiger partial charge in [0.05, 0.1) is 30.0 Å². The summed E-state index contributed by atoms with van der Waals surface area (Å²) >= 11 is 8.13. The average Bonchev–Trinajstić information content (AvgIpc) is 2.58. The number of carbonyl (C=O) groups is 1. The lowest BCUT2D eigenvalue weighted by Gasteiger charge is -2.14. The fourth-order valence-electron chi connectivity index (χ4n) is 2.03. The number of rotatable bonds is 7. The predicted molar refractivity (Wildman–Crippen MR) is 102 cm³/mol. The smallest absolute Gasteiger partial charge is 0.259 e. The summed E-state index contributed by atoms with van der Waals surface area (Å²) < 4.78 is 30.0. The molecule has 0 aromatic heterocycles. The lowest BCUT2D eigenvalue weighted by atomic mass is 10.1. The van der Waals surface area contributed by atoms with Crippen LogP contribution >= 0.6 is 34.2 Å². The quantitative estimate of drug-likeness (QED) is 0.473. The van der Waals surface area contributed by atoms with Crippen LogP contribution in [0.15, 0.2) is 30.3 Å². The average molecular weight is 480 g/mol. The van der Waals surface area contributed by atoms with Gasteiger partial charge >= 0.3 is 0 Å². The van der Waals surface area contributed by atoms with Gasteiger partial charge in [-0.15, -0.1) is 0 Å². The largest absolute Gasteiger partial charge is 0.496 e. The van der Waals surface area contributed by atoms with Crippen molar-refractivity contribution in [1.82, 2.24) is 0 Å². The van der Waals surface area contributed by atoms with Crippen molar-refractivity contribution in [2.75, 3.05) is 32.8 Å². The number of amides is 1. The molecule has 0 aliphatic rings. The highest BCUT2D eigenvalue weighted by atomic mass is 127. The van der Waals surface area contributed by atoms with E-state index in [0.717, 1.165) is 3.57 Å². The zero-order chi connectivity index (χ0) is 18.4. The molecular formula is C17H16ClFINO4. The molecule has 0 unspecified atom stereocenters. The standard InChI is InChI=1S/C17H16ClFINO4/c1-23-5-6-25-15-4-3-10(19)7-14(15)21-17(22)11-8-12(18)13(20)9-16(11)24-2/h3-4,7-9H,5-6H2,1-2H3,(H,21,22). The van der Waals surface area contributed by atoms with Crippen LogP contribution in [0.1, 0.15) is 10.4 Å². The monoisotopic (exact) mass is 479 g/mol. The zero-order valence-corrected chi connectivity index (χ0v) is 16.5. The first kappa shape index (κ1) is 19.7. The van der Waals surface area contributed by atoms with Crippen LogP contribution < -0.4 is 14.8 Å². The van der Waals surface area contributed by atoms with Crippen molar-refractivity contribution in [3.63, 3.8) is 0 Å². The number of ether oxygens (including phenoxy) is 3. The Morgan fingerprint density at radius 3 is 2.64 bits per heavy atom. The summed E-state index contributed by atoms with van der Waals surface area (Å²) in [6, 6.07) is 7.03. The third kappa shape index (κ3) is 5.20. The van der Waals surface area contributed by atoms with Gasteiger partial charge in [0.2, 0.25) is 0 Å². The zero-order valence-electron chi connectivity index (χ0n) is 13.6. The molecule has 0 atom stereocenters. The second-order valence-corrected chi connectivity index (χ2v) is 6.47. The molecule has 2 rings (SSSR count). The van der Waals surface area contributed by atoms with Gasteiger partial charge in [-0.05, 0) is 46.9 Å². The minimum absolute atomic E-state index is 0.206. The van der Waals surface area contributed by atoms with Crippen LogP contribution in [0.25, 0.3) is 0 Å². The van der Waals surface area contributed by atoms with E-state index in [9.17, 15) is 9.18 Å². The Kier molecular flexibility index (Phi) is 7.27. The molecule has 134 valence electrons. The van der Waals surface area contributed by atoms with Crippen molar-refractivity contribution >= 4 is 45.8 Å². The summed E-state index contributed by atoms with van der Waals surface area (Å²) in [7, 11) is 3.00.